The molecule has 0 aromatic heterocycles. The lowest BCUT2D eigenvalue weighted by atomic mass is 9.74. The molecular formula is C29H37N3O4S. The molecule has 37 heavy (non-hydrogen) atoms. The highest BCUT2D eigenvalue weighted by atomic mass is 32.2. The number of thioether (sulfide) groups is 1. The first-order chi connectivity index (χ1) is 17.8. The van der Waals surface area contributed by atoms with Crippen molar-refractivity contribution in [3.63, 3.8) is 0 Å². The number of fused-ring (bicyclic) bond motifs is 2. The Morgan fingerprint density at radius 2 is 1.73 bits per heavy atom. The molecule has 4 heterocycles. The number of benzene rings is 1. The van der Waals surface area contributed by atoms with Gasteiger partial charge in [-0.3, -0.25) is 14.4 Å². The zero-order valence-corrected chi connectivity index (χ0v) is 22.7. The number of hydrogen-bond acceptors (Lipinski definition) is 5. The normalized spacial score (nSPS) is 33.8. The van der Waals surface area contributed by atoms with E-state index in [1.165, 1.54) is 0 Å². The van der Waals surface area contributed by atoms with Gasteiger partial charge in [-0.05, 0) is 18.9 Å². The summed E-state index contributed by atoms with van der Waals surface area (Å²) in [5.74, 6) is -1.68. The van der Waals surface area contributed by atoms with Gasteiger partial charge in [0.15, 0.2) is 0 Å². The second-order valence-electron chi connectivity index (χ2n) is 10.9. The number of rotatable bonds is 7. The molecule has 0 saturated carbocycles. The van der Waals surface area contributed by atoms with Gasteiger partial charge < -0.3 is 19.8 Å². The van der Waals surface area contributed by atoms with Crippen LogP contribution in [0.1, 0.15) is 44.7 Å². The van der Waals surface area contributed by atoms with Gasteiger partial charge in [0.05, 0.1) is 29.2 Å². The summed E-state index contributed by atoms with van der Waals surface area (Å²) in [6.07, 6.45) is 11.1. The van der Waals surface area contributed by atoms with Crippen molar-refractivity contribution in [2.75, 3.05) is 33.3 Å². The van der Waals surface area contributed by atoms with Gasteiger partial charge >= 0.3 is 0 Å². The molecule has 1 aromatic rings. The average molecular weight is 524 g/mol. The molecule has 1 unspecified atom stereocenters. The maximum absolute atomic E-state index is 14.5. The molecule has 3 amide bonds. The van der Waals surface area contributed by atoms with Crippen molar-refractivity contribution in [3.8, 4) is 0 Å². The number of hydrogen-bond donors (Lipinski definition) is 1. The third kappa shape index (κ3) is 4.04. The van der Waals surface area contributed by atoms with Crippen LogP contribution in [0.5, 0.6) is 0 Å². The number of aliphatic hydroxyl groups is 1. The van der Waals surface area contributed by atoms with Crippen molar-refractivity contribution >= 4 is 29.5 Å². The van der Waals surface area contributed by atoms with Gasteiger partial charge in [-0.2, -0.15) is 0 Å². The van der Waals surface area contributed by atoms with E-state index in [1.807, 2.05) is 60.4 Å². The van der Waals surface area contributed by atoms with Gasteiger partial charge in [0.1, 0.15) is 6.04 Å². The largest absolute Gasteiger partial charge is 0.394 e. The molecule has 7 nitrogen and oxygen atoms in total. The standard InChI is InChI=1S/C29H37N3O4S/c1-4-5-9-17-31-18-11-15-29-23(22-25(34)30(3)16-10-14-28(22,2)37-29)26(35)32(24(29)27(31)36)21(19-33)20-12-7-6-8-13-20/h6-8,10-15,21-24,33H,4-5,9,16-19H2,1-3H3/t21-,22+,23+,24?,28-,29+/m1/s1. The second-order valence-corrected chi connectivity index (χ2v) is 12.7. The number of carbonyl (C=O) groups excluding carboxylic acids is 3. The Kier molecular flexibility index (Phi) is 7.00. The van der Waals surface area contributed by atoms with E-state index in [-0.39, 0.29) is 24.3 Å². The van der Waals surface area contributed by atoms with Crippen LogP contribution in [0, 0.1) is 11.8 Å². The number of unbranched alkanes of at least 4 members (excludes halogenated alkanes) is 2. The van der Waals surface area contributed by atoms with E-state index in [9.17, 15) is 19.5 Å². The average Bonchev–Trinajstić information content (AvgIpc) is 3.17. The molecule has 0 bridgehead atoms. The molecule has 0 aliphatic carbocycles. The van der Waals surface area contributed by atoms with E-state index < -0.39 is 33.4 Å². The summed E-state index contributed by atoms with van der Waals surface area (Å²) in [5.41, 5.74) is 0.781. The minimum atomic E-state index is -0.895. The highest BCUT2D eigenvalue weighted by molar-refractivity contribution is 8.02. The summed E-state index contributed by atoms with van der Waals surface area (Å²) in [6, 6.07) is 7.94. The molecule has 5 rings (SSSR count). The predicted octanol–water partition coefficient (Wildman–Crippen LogP) is 3.02. The summed E-state index contributed by atoms with van der Waals surface area (Å²) >= 11 is 1.58. The molecular weight excluding hydrogens is 486 g/mol. The van der Waals surface area contributed by atoms with Crippen LogP contribution in [0.25, 0.3) is 0 Å². The molecule has 0 radical (unpaired) electrons. The van der Waals surface area contributed by atoms with Crippen molar-refractivity contribution in [1.29, 1.82) is 0 Å². The van der Waals surface area contributed by atoms with Gasteiger partial charge in [-0.1, -0.05) is 74.4 Å². The van der Waals surface area contributed by atoms with Crippen LogP contribution in [0.4, 0.5) is 0 Å². The zero-order chi connectivity index (χ0) is 26.4. The topological polar surface area (TPSA) is 81.2 Å². The van der Waals surface area contributed by atoms with E-state index in [2.05, 4.69) is 13.0 Å². The first-order valence-electron chi connectivity index (χ1n) is 13.4. The third-order valence-electron chi connectivity index (χ3n) is 8.50. The van der Waals surface area contributed by atoms with Crippen molar-refractivity contribution in [1.82, 2.24) is 14.7 Å². The lowest BCUT2D eigenvalue weighted by molar-refractivity contribution is -0.147. The van der Waals surface area contributed by atoms with Crippen LogP contribution in [0.3, 0.4) is 0 Å². The highest BCUT2D eigenvalue weighted by Gasteiger charge is 2.74. The maximum Gasteiger partial charge on any atom is 0.247 e. The summed E-state index contributed by atoms with van der Waals surface area (Å²) < 4.78 is -1.51. The molecule has 1 spiro atoms. The number of nitrogens with zero attached hydrogens (tertiary/aromatic N) is 3. The monoisotopic (exact) mass is 523 g/mol. The summed E-state index contributed by atoms with van der Waals surface area (Å²) in [5, 5.41) is 10.6. The van der Waals surface area contributed by atoms with Gasteiger partial charge in [0, 0.05) is 31.4 Å². The molecule has 8 heteroatoms. The number of aliphatic hydroxyl groups excluding tert-OH is 1. The van der Waals surface area contributed by atoms with Crippen LogP contribution in [0.15, 0.2) is 54.6 Å². The Bertz CT molecular complexity index is 1120. The Morgan fingerprint density at radius 3 is 2.43 bits per heavy atom. The fraction of sp³-hybridized carbons (Fsp3) is 0.552. The van der Waals surface area contributed by atoms with Crippen molar-refractivity contribution in [3.05, 3.63) is 60.2 Å². The van der Waals surface area contributed by atoms with E-state index in [0.29, 0.717) is 19.6 Å². The quantitative estimate of drug-likeness (QED) is 0.439. The first-order valence-corrected chi connectivity index (χ1v) is 14.2. The van der Waals surface area contributed by atoms with Crippen LogP contribution >= 0.6 is 11.8 Å². The highest BCUT2D eigenvalue weighted by Crippen LogP contribution is 2.66. The SMILES string of the molecule is CCCCCN1CC=C[C@]23S[C@]4(C)C=CCN(C)C(=O)[C@@H]4[C@H]2C(=O)N([C@H](CO)c2ccccc2)C3C1=O. The Hall–Kier alpha value is -2.58. The van der Waals surface area contributed by atoms with Gasteiger partial charge in [-0.15, -0.1) is 11.8 Å². The zero-order valence-electron chi connectivity index (χ0n) is 21.9. The minimum Gasteiger partial charge on any atom is -0.394 e. The number of carbonyl (C=O) groups is 3. The van der Waals surface area contributed by atoms with Crippen LogP contribution in [0.2, 0.25) is 0 Å². The molecule has 4 aliphatic rings. The number of likely N-dealkylation sites (N-methyl/N-ethyl adjacent to an activating group) is 1. The van der Waals surface area contributed by atoms with E-state index in [4.69, 9.17) is 0 Å². The predicted molar refractivity (Wildman–Crippen MR) is 145 cm³/mol. The van der Waals surface area contributed by atoms with Crippen molar-refractivity contribution < 1.29 is 19.5 Å². The van der Waals surface area contributed by atoms with Gasteiger partial charge in [-0.25, -0.2) is 0 Å². The molecule has 1 aromatic carbocycles. The fourth-order valence-electron chi connectivity index (χ4n) is 6.75. The number of amides is 3. The Morgan fingerprint density at radius 1 is 1.00 bits per heavy atom. The fourth-order valence-corrected chi connectivity index (χ4v) is 8.89. The molecule has 1 N–H and O–H groups in total. The Labute approximate surface area is 223 Å². The van der Waals surface area contributed by atoms with Gasteiger partial charge in [0.2, 0.25) is 17.7 Å². The summed E-state index contributed by atoms with van der Waals surface area (Å²) in [6.45, 7) is 5.46. The van der Waals surface area contributed by atoms with E-state index in [0.717, 1.165) is 24.8 Å². The minimum absolute atomic E-state index is 0.0685. The lowest BCUT2D eigenvalue weighted by Gasteiger charge is -2.40. The molecule has 2 saturated heterocycles. The molecule has 4 aliphatic heterocycles. The Balaban J connectivity index is 1.66. The summed E-state index contributed by atoms with van der Waals surface area (Å²) in [7, 11) is 1.77. The second kappa shape index (κ2) is 9.95. The van der Waals surface area contributed by atoms with Crippen molar-refractivity contribution in [2.45, 2.75) is 54.7 Å². The van der Waals surface area contributed by atoms with Crippen LogP contribution < -0.4 is 0 Å². The summed E-state index contributed by atoms with van der Waals surface area (Å²) in [4.78, 5) is 47.8. The maximum atomic E-state index is 14.5. The molecule has 6 atom stereocenters. The van der Waals surface area contributed by atoms with E-state index in [1.54, 1.807) is 28.6 Å². The molecule has 2 fully saturated rings. The van der Waals surface area contributed by atoms with Crippen LogP contribution in [-0.4, -0.2) is 86.4 Å². The molecule has 198 valence electrons. The number of likely N-dealkylation sites (tertiary alicyclic amines) is 1. The van der Waals surface area contributed by atoms with E-state index >= 15 is 0 Å². The lowest BCUT2D eigenvalue weighted by Crippen LogP contribution is -2.54. The third-order valence-corrected chi connectivity index (χ3v) is 10.3. The van der Waals surface area contributed by atoms with Crippen LogP contribution in [-0.2, 0) is 14.4 Å². The van der Waals surface area contributed by atoms with Gasteiger partial charge in [0.25, 0.3) is 0 Å². The first kappa shape index (κ1) is 26.0. The smallest absolute Gasteiger partial charge is 0.247 e. The van der Waals surface area contributed by atoms with Crippen molar-refractivity contribution in [2.24, 2.45) is 11.8 Å².